The molecule has 15 heavy (non-hydrogen) atoms. The summed E-state index contributed by atoms with van der Waals surface area (Å²) >= 11 is 0.173. The Hall–Kier alpha value is -1.44. The number of aromatic hydroxyl groups is 2. The summed E-state index contributed by atoms with van der Waals surface area (Å²) in [5.41, 5.74) is 0. The van der Waals surface area contributed by atoms with Gasteiger partial charge in [0.2, 0.25) is 0 Å². The summed E-state index contributed by atoms with van der Waals surface area (Å²) in [6.45, 7) is 0. The van der Waals surface area contributed by atoms with Gasteiger partial charge in [0.1, 0.15) is 0 Å². The first kappa shape index (κ1) is 10.1. The van der Waals surface area contributed by atoms with Crippen molar-refractivity contribution < 1.29 is 10.2 Å². The number of hydrogen-bond acceptors (Lipinski definition) is 2. The van der Waals surface area contributed by atoms with E-state index in [2.05, 4.69) is 12.1 Å². The maximum absolute atomic E-state index is 9.34. The Kier molecular flexibility index (Phi) is 2.95. The molecule has 0 saturated carbocycles. The van der Waals surface area contributed by atoms with Crippen molar-refractivity contribution in [1.29, 1.82) is 0 Å². The minimum atomic E-state index is -0.0670. The molecule has 0 aliphatic heterocycles. The molecule has 2 aromatic carbocycles. The second-order valence-corrected chi connectivity index (χ2v) is 5.47. The molecule has 76 valence electrons. The van der Waals surface area contributed by atoms with Gasteiger partial charge in [0, 0.05) is 0 Å². The molecule has 0 heterocycles. The van der Waals surface area contributed by atoms with Crippen LogP contribution in [0.1, 0.15) is 0 Å². The van der Waals surface area contributed by atoms with Gasteiger partial charge >= 0.3 is 94.1 Å². The number of rotatable bonds is 2. The van der Waals surface area contributed by atoms with Crippen LogP contribution >= 0.6 is 0 Å². The summed E-state index contributed by atoms with van der Waals surface area (Å²) in [4.78, 5) is 0. The predicted molar refractivity (Wildman–Crippen MR) is 61.2 cm³/mol. The summed E-state index contributed by atoms with van der Waals surface area (Å²) in [5.74, 6) is -0.118. The number of phenols is 2. The Labute approximate surface area is 94.4 Å². The van der Waals surface area contributed by atoms with Crippen LogP contribution in [0.15, 0.2) is 48.5 Å². The van der Waals surface area contributed by atoms with Gasteiger partial charge in [-0.2, -0.15) is 0 Å². The predicted octanol–water partition coefficient (Wildman–Crippen LogP) is 0.753. The molecular weight excluding hydrogens is 255 g/mol. The van der Waals surface area contributed by atoms with E-state index in [1.165, 1.54) is 10.5 Å². The van der Waals surface area contributed by atoms with E-state index in [9.17, 15) is 5.11 Å². The van der Waals surface area contributed by atoms with Crippen LogP contribution in [-0.2, 0) is 0 Å². The van der Waals surface area contributed by atoms with Crippen LogP contribution in [0.3, 0.4) is 0 Å². The van der Waals surface area contributed by atoms with Crippen LogP contribution < -0.4 is 8.92 Å². The van der Waals surface area contributed by atoms with Crippen molar-refractivity contribution in [3.05, 3.63) is 48.5 Å². The summed E-state index contributed by atoms with van der Waals surface area (Å²) in [5, 5.41) is 18.5. The van der Waals surface area contributed by atoms with E-state index in [0.29, 0.717) is 0 Å². The maximum atomic E-state index is 9.34. The summed E-state index contributed by atoms with van der Waals surface area (Å²) in [7, 11) is 0. The monoisotopic (exact) mass is 266 g/mol. The quantitative estimate of drug-likeness (QED) is 0.621. The van der Waals surface area contributed by atoms with Crippen molar-refractivity contribution in [3.8, 4) is 11.5 Å². The van der Waals surface area contributed by atoms with Gasteiger partial charge in [0.15, 0.2) is 0 Å². The van der Waals surface area contributed by atoms with Crippen molar-refractivity contribution in [3.63, 3.8) is 0 Å². The van der Waals surface area contributed by atoms with Gasteiger partial charge in [0.25, 0.3) is 0 Å². The molecule has 0 spiro atoms. The van der Waals surface area contributed by atoms with Crippen LogP contribution in [0.4, 0.5) is 0 Å². The molecule has 0 radical (unpaired) electrons. The third-order valence-corrected chi connectivity index (χ3v) is 4.02. The van der Waals surface area contributed by atoms with Crippen molar-refractivity contribution in [2.45, 2.75) is 0 Å². The third-order valence-electron chi connectivity index (χ3n) is 1.93. The molecule has 2 N–H and O–H groups in total. The molecule has 0 aliphatic rings. The van der Waals surface area contributed by atoms with Crippen molar-refractivity contribution in [1.82, 2.24) is 0 Å². The van der Waals surface area contributed by atoms with Gasteiger partial charge in [-0.25, -0.2) is 0 Å². The van der Waals surface area contributed by atoms with Gasteiger partial charge in [-0.1, -0.05) is 0 Å². The summed E-state index contributed by atoms with van der Waals surface area (Å²) in [6.07, 6.45) is 0. The van der Waals surface area contributed by atoms with E-state index >= 15 is 0 Å². The van der Waals surface area contributed by atoms with Crippen LogP contribution in [-0.4, -0.2) is 25.2 Å². The van der Waals surface area contributed by atoms with Gasteiger partial charge < -0.3 is 0 Å². The van der Waals surface area contributed by atoms with Crippen molar-refractivity contribution in [2.24, 2.45) is 0 Å². The van der Waals surface area contributed by atoms with Crippen LogP contribution in [0, 0.1) is 0 Å². The molecular formula is C12H10O2Se. The van der Waals surface area contributed by atoms with Crippen LogP contribution in [0.5, 0.6) is 11.5 Å². The zero-order valence-electron chi connectivity index (χ0n) is 7.92. The zero-order valence-corrected chi connectivity index (χ0v) is 9.63. The molecule has 0 aliphatic carbocycles. The Balaban J connectivity index is 2.22. The average Bonchev–Trinajstić information content (AvgIpc) is 2.25. The average molecular weight is 265 g/mol. The van der Waals surface area contributed by atoms with Gasteiger partial charge in [-0.05, 0) is 0 Å². The second kappa shape index (κ2) is 4.39. The fourth-order valence-electron chi connectivity index (χ4n) is 1.19. The fourth-order valence-corrected chi connectivity index (χ4v) is 3.02. The van der Waals surface area contributed by atoms with Gasteiger partial charge in [0.05, 0.1) is 0 Å². The van der Waals surface area contributed by atoms with Crippen molar-refractivity contribution in [2.75, 3.05) is 0 Å². The molecule has 2 aromatic rings. The molecule has 0 aromatic heterocycles. The topological polar surface area (TPSA) is 40.5 Å². The fraction of sp³-hybridized carbons (Fsp3) is 0. The molecule has 3 heteroatoms. The van der Waals surface area contributed by atoms with E-state index in [4.69, 9.17) is 5.11 Å². The first-order valence-electron chi connectivity index (χ1n) is 4.50. The molecule has 0 bridgehead atoms. The van der Waals surface area contributed by atoms with Crippen LogP contribution in [0.2, 0.25) is 0 Å². The molecule has 2 rings (SSSR count). The van der Waals surface area contributed by atoms with E-state index in [1.807, 2.05) is 24.3 Å². The molecule has 0 fully saturated rings. The van der Waals surface area contributed by atoms with Gasteiger partial charge in [-0.3, -0.25) is 0 Å². The third kappa shape index (κ3) is 2.52. The Morgan fingerprint density at radius 1 is 0.733 bits per heavy atom. The summed E-state index contributed by atoms with van der Waals surface area (Å²) in [6, 6.07) is 15.1. The number of benzene rings is 2. The molecule has 0 amide bonds. The molecule has 2 nitrogen and oxygen atoms in total. The Morgan fingerprint density at radius 2 is 1.47 bits per heavy atom. The van der Waals surface area contributed by atoms with E-state index in [-0.39, 0.29) is 26.5 Å². The summed E-state index contributed by atoms with van der Waals surface area (Å²) < 4.78 is 2.29. The standard InChI is InChI=1S/C12H10O2Se/c13-11-7-6-10(8-12(11)14)15-9-4-2-1-3-5-9/h1-8,13-14H. The normalized spacial score (nSPS) is 10.1. The Morgan fingerprint density at radius 3 is 2.13 bits per heavy atom. The SMILES string of the molecule is Oc1ccc([Se]c2ccccc2)cc1O. The van der Waals surface area contributed by atoms with Crippen LogP contribution in [0.25, 0.3) is 0 Å². The minimum absolute atomic E-state index is 0.0506. The molecule has 0 unspecified atom stereocenters. The van der Waals surface area contributed by atoms with Crippen molar-refractivity contribution >= 4 is 23.9 Å². The van der Waals surface area contributed by atoms with E-state index in [1.54, 1.807) is 6.07 Å². The number of hydrogen-bond donors (Lipinski definition) is 2. The molecule has 0 atom stereocenters. The Bertz CT molecular complexity index is 454. The first-order valence-corrected chi connectivity index (χ1v) is 6.22. The zero-order chi connectivity index (χ0) is 10.7. The molecule has 0 saturated heterocycles. The van der Waals surface area contributed by atoms with E-state index in [0.717, 1.165) is 4.46 Å². The number of phenolic OH excluding ortho intramolecular Hbond substituents is 2. The van der Waals surface area contributed by atoms with E-state index < -0.39 is 0 Å². The first-order chi connectivity index (χ1) is 7.25. The van der Waals surface area contributed by atoms with Gasteiger partial charge in [-0.15, -0.1) is 0 Å². The second-order valence-electron chi connectivity index (χ2n) is 3.07.